The van der Waals surface area contributed by atoms with E-state index in [1.54, 1.807) is 0 Å². The summed E-state index contributed by atoms with van der Waals surface area (Å²) < 4.78 is 41.1. The average molecular weight is 375 g/mol. The first kappa shape index (κ1) is 18.5. The number of H-pyrrole nitrogens is 1. The molecule has 0 unspecified atom stereocenters. The molecule has 3 N–H and O–H groups in total. The van der Waals surface area contributed by atoms with Gasteiger partial charge in [0.05, 0.1) is 5.52 Å². The second kappa shape index (κ2) is 7.53. The lowest BCUT2D eigenvalue weighted by Crippen LogP contribution is -2.38. The number of halogens is 3. The van der Waals surface area contributed by atoms with Gasteiger partial charge < -0.3 is 15.6 Å². The topological polar surface area (TPSA) is 74.0 Å². The van der Waals surface area contributed by atoms with Crippen LogP contribution in [0.25, 0.3) is 22.2 Å². The molecule has 3 aromatic rings. The van der Waals surface area contributed by atoms with Crippen LogP contribution in [-0.2, 0) is 16.0 Å². The Labute approximate surface area is 152 Å². The first-order chi connectivity index (χ1) is 12.9. The Bertz CT molecular complexity index is 1010. The van der Waals surface area contributed by atoms with Gasteiger partial charge in [0.1, 0.15) is 17.5 Å². The number of benzene rings is 2. The van der Waals surface area contributed by atoms with Gasteiger partial charge in [0.2, 0.25) is 0 Å². The molecule has 5 nitrogen and oxygen atoms in total. The van der Waals surface area contributed by atoms with Crippen molar-refractivity contribution in [1.82, 2.24) is 15.6 Å². The third-order valence-electron chi connectivity index (χ3n) is 4.16. The molecule has 8 heteroatoms. The average Bonchev–Trinajstić information content (AvgIpc) is 3.00. The van der Waals surface area contributed by atoms with Gasteiger partial charge in [0.25, 0.3) is 0 Å². The summed E-state index contributed by atoms with van der Waals surface area (Å²) in [6.07, 6.45) is 0.207. The lowest BCUT2D eigenvalue weighted by atomic mass is 10.0. The zero-order valence-corrected chi connectivity index (χ0v) is 14.3. The summed E-state index contributed by atoms with van der Waals surface area (Å²) in [5, 5.41) is 4.97. The highest BCUT2D eigenvalue weighted by Gasteiger charge is 2.18. The number of fused-ring (bicyclic) bond motifs is 1. The third kappa shape index (κ3) is 3.79. The molecule has 1 heterocycles. The maximum atomic E-state index is 14.2. The Kier molecular flexibility index (Phi) is 5.16. The fourth-order valence-corrected chi connectivity index (χ4v) is 2.89. The van der Waals surface area contributed by atoms with Crippen LogP contribution in [0.15, 0.2) is 36.4 Å². The van der Waals surface area contributed by atoms with Crippen LogP contribution in [0.5, 0.6) is 0 Å². The summed E-state index contributed by atoms with van der Waals surface area (Å²) in [5.74, 6) is -3.51. The summed E-state index contributed by atoms with van der Waals surface area (Å²) >= 11 is 0. The lowest BCUT2D eigenvalue weighted by molar-refractivity contribution is -0.138. The normalized spacial score (nSPS) is 10.8. The number of rotatable bonds is 4. The Morgan fingerprint density at radius 2 is 1.70 bits per heavy atom. The minimum absolute atomic E-state index is 0.0749. The van der Waals surface area contributed by atoms with Crippen molar-refractivity contribution >= 4 is 22.7 Å². The zero-order valence-electron chi connectivity index (χ0n) is 14.3. The van der Waals surface area contributed by atoms with Crippen LogP contribution in [0.3, 0.4) is 0 Å². The van der Waals surface area contributed by atoms with E-state index in [0.29, 0.717) is 22.2 Å². The number of nitrogens with one attached hydrogen (secondary N) is 3. The van der Waals surface area contributed by atoms with Crippen molar-refractivity contribution < 1.29 is 22.8 Å². The number of aromatic nitrogens is 1. The Balaban J connectivity index is 2.00. The molecule has 0 fully saturated rings. The summed E-state index contributed by atoms with van der Waals surface area (Å²) in [6.45, 7) is 0.0749. The van der Waals surface area contributed by atoms with Gasteiger partial charge in [-0.25, -0.2) is 13.2 Å². The zero-order chi connectivity index (χ0) is 19.6. The highest BCUT2D eigenvalue weighted by molar-refractivity contribution is 6.35. The predicted molar refractivity (Wildman–Crippen MR) is 94.4 cm³/mol. The number of aromatic amines is 1. The molecule has 2 amide bonds. The van der Waals surface area contributed by atoms with Gasteiger partial charge in [0.15, 0.2) is 0 Å². The van der Waals surface area contributed by atoms with E-state index in [1.165, 1.54) is 37.4 Å². The maximum absolute atomic E-state index is 14.2. The van der Waals surface area contributed by atoms with E-state index in [0.717, 1.165) is 6.07 Å². The number of amides is 2. The highest BCUT2D eigenvalue weighted by atomic mass is 19.1. The van der Waals surface area contributed by atoms with Crippen LogP contribution in [-0.4, -0.2) is 30.4 Å². The molecule has 0 aliphatic heterocycles. The van der Waals surface area contributed by atoms with Crippen LogP contribution in [0.1, 0.15) is 5.56 Å². The molecular weight excluding hydrogens is 359 g/mol. The fourth-order valence-electron chi connectivity index (χ4n) is 2.89. The van der Waals surface area contributed by atoms with Crippen molar-refractivity contribution in [3.63, 3.8) is 0 Å². The molecule has 2 aromatic carbocycles. The van der Waals surface area contributed by atoms with Crippen LogP contribution < -0.4 is 10.6 Å². The van der Waals surface area contributed by atoms with Gasteiger partial charge in [-0.1, -0.05) is 0 Å². The molecule has 27 heavy (non-hydrogen) atoms. The van der Waals surface area contributed by atoms with E-state index in [4.69, 9.17) is 0 Å². The van der Waals surface area contributed by atoms with Crippen molar-refractivity contribution in [1.29, 1.82) is 0 Å². The second-order valence-corrected chi connectivity index (χ2v) is 5.88. The molecule has 3 rings (SSSR count). The molecule has 0 atom stereocenters. The molecule has 0 bridgehead atoms. The SMILES string of the molecule is CNC(=O)C(=O)NCCc1c(-c2ccc(F)cc2)[nH]c2c(F)cc(F)cc12. The maximum Gasteiger partial charge on any atom is 0.309 e. The predicted octanol–water partition coefficient (Wildman–Crippen LogP) is 2.66. The number of carbonyl (C=O) groups is 2. The lowest BCUT2D eigenvalue weighted by Gasteiger charge is -2.07. The van der Waals surface area contributed by atoms with Crippen LogP contribution in [0.2, 0.25) is 0 Å². The minimum Gasteiger partial charge on any atom is -0.352 e. The summed E-state index contributed by atoms with van der Waals surface area (Å²) in [5.41, 5.74) is 1.74. The van der Waals surface area contributed by atoms with Crippen LogP contribution in [0.4, 0.5) is 13.2 Å². The van der Waals surface area contributed by atoms with E-state index >= 15 is 0 Å². The molecule has 0 saturated heterocycles. The van der Waals surface area contributed by atoms with Gasteiger partial charge in [-0.3, -0.25) is 9.59 Å². The van der Waals surface area contributed by atoms with Gasteiger partial charge in [0, 0.05) is 30.7 Å². The number of likely N-dealkylation sites (N-methyl/N-ethyl adjacent to an activating group) is 1. The third-order valence-corrected chi connectivity index (χ3v) is 4.16. The smallest absolute Gasteiger partial charge is 0.309 e. The Morgan fingerprint density at radius 3 is 2.37 bits per heavy atom. The minimum atomic E-state index is -0.807. The van der Waals surface area contributed by atoms with Crippen LogP contribution in [0, 0.1) is 17.5 Å². The second-order valence-electron chi connectivity index (χ2n) is 5.88. The molecule has 140 valence electrons. The van der Waals surface area contributed by atoms with E-state index in [9.17, 15) is 22.8 Å². The van der Waals surface area contributed by atoms with Crippen molar-refractivity contribution in [2.24, 2.45) is 0 Å². The van der Waals surface area contributed by atoms with E-state index < -0.39 is 29.3 Å². The van der Waals surface area contributed by atoms with Crippen LogP contribution >= 0.6 is 0 Å². The summed E-state index contributed by atoms with van der Waals surface area (Å²) in [4.78, 5) is 25.7. The van der Waals surface area contributed by atoms with E-state index in [-0.39, 0.29) is 18.5 Å². The number of hydrogen-bond donors (Lipinski definition) is 3. The molecule has 0 aliphatic carbocycles. The molecule has 0 spiro atoms. The molecule has 1 aromatic heterocycles. The van der Waals surface area contributed by atoms with Gasteiger partial charge >= 0.3 is 11.8 Å². The Morgan fingerprint density at radius 1 is 1.00 bits per heavy atom. The van der Waals surface area contributed by atoms with Crippen molar-refractivity contribution in [3.05, 3.63) is 59.4 Å². The van der Waals surface area contributed by atoms with E-state index in [2.05, 4.69) is 15.6 Å². The monoisotopic (exact) mass is 375 g/mol. The fraction of sp³-hybridized carbons (Fsp3) is 0.158. The largest absolute Gasteiger partial charge is 0.352 e. The molecule has 0 aliphatic rings. The first-order valence-electron chi connectivity index (χ1n) is 8.16. The van der Waals surface area contributed by atoms with Gasteiger partial charge in [-0.05, 0) is 47.9 Å². The first-order valence-corrected chi connectivity index (χ1v) is 8.16. The van der Waals surface area contributed by atoms with Crippen molar-refractivity contribution in [2.45, 2.75) is 6.42 Å². The summed E-state index contributed by atoms with van der Waals surface area (Å²) in [6, 6.07) is 7.51. The Hall–Kier alpha value is -3.29. The van der Waals surface area contributed by atoms with Crippen molar-refractivity contribution in [2.75, 3.05) is 13.6 Å². The number of hydrogen-bond acceptors (Lipinski definition) is 2. The van der Waals surface area contributed by atoms with Crippen molar-refractivity contribution in [3.8, 4) is 11.3 Å². The van der Waals surface area contributed by atoms with Gasteiger partial charge in [-0.2, -0.15) is 0 Å². The molecule has 0 saturated carbocycles. The highest BCUT2D eigenvalue weighted by Crippen LogP contribution is 2.32. The standard InChI is InChI=1S/C19H16F3N3O2/c1-23-18(26)19(27)24-7-6-13-14-8-12(21)9-15(22)17(14)25-16(13)10-2-4-11(20)5-3-10/h2-5,8-9,25H,6-7H2,1H3,(H,23,26)(H,24,27). The quantitative estimate of drug-likeness (QED) is 0.614. The molecule has 0 radical (unpaired) electrons. The summed E-state index contributed by atoms with van der Waals surface area (Å²) in [7, 11) is 1.33. The van der Waals surface area contributed by atoms with Gasteiger partial charge in [-0.15, -0.1) is 0 Å². The molecular formula is C19H16F3N3O2. The van der Waals surface area contributed by atoms with E-state index in [1.807, 2.05) is 0 Å². The number of carbonyl (C=O) groups excluding carboxylic acids is 2.